The third-order valence-electron chi connectivity index (χ3n) is 4.18. The van der Waals surface area contributed by atoms with Gasteiger partial charge in [0.15, 0.2) is 5.96 Å². The van der Waals surface area contributed by atoms with Crippen molar-refractivity contribution in [2.24, 2.45) is 4.99 Å². The van der Waals surface area contributed by atoms with Crippen LogP contribution in [0.1, 0.15) is 24.8 Å². The minimum atomic E-state index is -0.0680. The van der Waals surface area contributed by atoms with E-state index in [1.807, 2.05) is 28.2 Å². The summed E-state index contributed by atoms with van der Waals surface area (Å²) in [5, 5.41) is 5.41. The molecule has 0 bridgehead atoms. The third-order valence-corrected chi connectivity index (χ3v) is 5.23. The number of nitrogens with one attached hydrogen (secondary N) is 1. The highest BCUT2D eigenvalue weighted by Crippen LogP contribution is 2.18. The Bertz CT molecular complexity index is 621. The first-order valence-electron chi connectivity index (χ1n) is 8.49. The number of nitrogens with zero attached hydrogens (tertiary/aromatic N) is 4. The standard InChI is InChI=1S/C17H27N5O2S.HI/c1-5-21-8-9-22(12-16(21)24)17(18-11-15(23)20(3)4)19-13(2)14-7-6-10-25-14;/h6-7,10,13H,5,8-9,11-12H2,1-4H3,(H,18,19);1H. The lowest BCUT2D eigenvalue weighted by Crippen LogP contribution is -2.55. The molecule has 7 nitrogen and oxygen atoms in total. The van der Waals surface area contributed by atoms with Crippen LogP contribution in [-0.4, -0.2) is 79.3 Å². The zero-order valence-electron chi connectivity index (χ0n) is 15.8. The van der Waals surface area contributed by atoms with Crippen molar-refractivity contribution in [2.45, 2.75) is 19.9 Å². The normalized spacial score (nSPS) is 16.2. The van der Waals surface area contributed by atoms with E-state index in [9.17, 15) is 9.59 Å². The van der Waals surface area contributed by atoms with Crippen molar-refractivity contribution in [2.75, 3.05) is 46.8 Å². The van der Waals surface area contributed by atoms with Crippen LogP contribution in [0.3, 0.4) is 0 Å². The summed E-state index contributed by atoms with van der Waals surface area (Å²) < 4.78 is 0. The smallest absolute Gasteiger partial charge is 0.243 e. The topological polar surface area (TPSA) is 68.2 Å². The van der Waals surface area contributed by atoms with Gasteiger partial charge >= 0.3 is 0 Å². The van der Waals surface area contributed by atoms with Crippen LogP contribution >= 0.6 is 35.3 Å². The Labute approximate surface area is 176 Å². The van der Waals surface area contributed by atoms with Crippen LogP contribution in [-0.2, 0) is 9.59 Å². The Morgan fingerprint density at radius 1 is 1.42 bits per heavy atom. The molecule has 2 rings (SSSR count). The Kier molecular flexibility index (Phi) is 9.34. The third kappa shape index (κ3) is 6.11. The molecule has 0 spiro atoms. The number of hydrogen-bond donors (Lipinski definition) is 1. The minimum absolute atomic E-state index is 0. The maximum atomic E-state index is 12.2. The van der Waals surface area contributed by atoms with Gasteiger partial charge in [-0.2, -0.15) is 0 Å². The molecule has 1 N–H and O–H groups in total. The van der Waals surface area contributed by atoms with E-state index in [-0.39, 0.29) is 54.9 Å². The van der Waals surface area contributed by atoms with E-state index < -0.39 is 0 Å². The molecule has 0 saturated carbocycles. The summed E-state index contributed by atoms with van der Waals surface area (Å²) in [6, 6.07) is 4.13. The Morgan fingerprint density at radius 2 is 2.15 bits per heavy atom. The first-order valence-corrected chi connectivity index (χ1v) is 9.37. The number of rotatable bonds is 5. The van der Waals surface area contributed by atoms with Crippen LogP contribution in [0.2, 0.25) is 0 Å². The van der Waals surface area contributed by atoms with Gasteiger partial charge in [0, 0.05) is 38.6 Å². The second-order valence-corrected chi connectivity index (χ2v) is 7.18. The summed E-state index contributed by atoms with van der Waals surface area (Å²) >= 11 is 1.67. The molecule has 2 heterocycles. The summed E-state index contributed by atoms with van der Waals surface area (Å²) in [4.78, 5) is 35.1. The summed E-state index contributed by atoms with van der Waals surface area (Å²) in [5.41, 5.74) is 0. The van der Waals surface area contributed by atoms with Crippen molar-refractivity contribution in [3.05, 3.63) is 22.4 Å². The number of hydrogen-bond acceptors (Lipinski definition) is 4. The van der Waals surface area contributed by atoms with Crippen LogP contribution in [0.15, 0.2) is 22.5 Å². The predicted molar refractivity (Wildman–Crippen MR) is 116 cm³/mol. The van der Waals surface area contributed by atoms with E-state index in [1.54, 1.807) is 25.4 Å². The lowest BCUT2D eigenvalue weighted by molar-refractivity contribution is -0.134. The van der Waals surface area contributed by atoms with Crippen molar-refractivity contribution in [3.8, 4) is 0 Å². The summed E-state index contributed by atoms with van der Waals surface area (Å²) in [5.74, 6) is 0.632. The number of halogens is 1. The SMILES string of the molecule is CCN1CCN(C(=NCC(=O)N(C)C)NC(C)c2cccs2)CC1=O.I. The molecule has 1 fully saturated rings. The van der Waals surface area contributed by atoms with Crippen LogP contribution in [0.25, 0.3) is 0 Å². The Balaban J connectivity index is 0.00000338. The molecule has 0 aliphatic carbocycles. The maximum Gasteiger partial charge on any atom is 0.243 e. The van der Waals surface area contributed by atoms with Crippen LogP contribution in [0.5, 0.6) is 0 Å². The fourth-order valence-corrected chi connectivity index (χ4v) is 3.28. The fourth-order valence-electron chi connectivity index (χ4n) is 2.55. The van der Waals surface area contributed by atoms with Crippen LogP contribution in [0.4, 0.5) is 0 Å². The molecule has 26 heavy (non-hydrogen) atoms. The fraction of sp³-hybridized carbons (Fsp3) is 0.588. The van der Waals surface area contributed by atoms with Gasteiger partial charge in [-0.25, -0.2) is 4.99 Å². The van der Waals surface area contributed by atoms with Crippen LogP contribution in [0, 0.1) is 0 Å². The molecule has 1 atom stereocenters. The summed E-state index contributed by atoms with van der Waals surface area (Å²) in [6.07, 6.45) is 0. The van der Waals surface area contributed by atoms with E-state index in [4.69, 9.17) is 0 Å². The number of likely N-dealkylation sites (N-methyl/N-ethyl adjacent to an activating group) is 2. The highest BCUT2D eigenvalue weighted by Gasteiger charge is 2.26. The minimum Gasteiger partial charge on any atom is -0.349 e. The number of piperazine rings is 1. The van der Waals surface area contributed by atoms with Gasteiger partial charge in [-0.1, -0.05) is 6.07 Å². The molecule has 1 aromatic rings. The van der Waals surface area contributed by atoms with Gasteiger partial charge < -0.3 is 20.0 Å². The van der Waals surface area contributed by atoms with Crippen LogP contribution < -0.4 is 5.32 Å². The number of carbonyl (C=O) groups is 2. The molecule has 0 aromatic carbocycles. The second kappa shape index (κ2) is 10.7. The largest absolute Gasteiger partial charge is 0.349 e. The lowest BCUT2D eigenvalue weighted by atomic mass is 10.2. The molecule has 0 radical (unpaired) electrons. The average Bonchev–Trinajstić information content (AvgIpc) is 3.12. The first-order chi connectivity index (χ1) is 11.9. The van der Waals surface area contributed by atoms with Crippen molar-refractivity contribution >= 4 is 53.1 Å². The van der Waals surface area contributed by atoms with Gasteiger partial charge in [0.2, 0.25) is 11.8 Å². The molecule has 1 saturated heterocycles. The maximum absolute atomic E-state index is 12.2. The van der Waals surface area contributed by atoms with Gasteiger partial charge in [-0.05, 0) is 25.3 Å². The van der Waals surface area contributed by atoms with Gasteiger partial charge in [0.1, 0.15) is 6.54 Å². The molecular weight excluding hydrogens is 465 g/mol. The first kappa shape index (κ1) is 22.7. The van der Waals surface area contributed by atoms with Crippen molar-refractivity contribution in [1.29, 1.82) is 0 Å². The van der Waals surface area contributed by atoms with Gasteiger partial charge in [-0.15, -0.1) is 35.3 Å². The Morgan fingerprint density at radius 3 is 2.69 bits per heavy atom. The summed E-state index contributed by atoms with van der Waals surface area (Å²) in [7, 11) is 3.42. The van der Waals surface area contributed by atoms with E-state index >= 15 is 0 Å². The zero-order chi connectivity index (χ0) is 18.4. The molecular formula is C17H28IN5O2S. The highest BCUT2D eigenvalue weighted by atomic mass is 127. The van der Waals surface area contributed by atoms with E-state index in [1.165, 1.54) is 9.78 Å². The number of thiophene rings is 1. The molecule has 2 amide bonds. The van der Waals surface area contributed by atoms with Gasteiger partial charge in [0.05, 0.1) is 12.6 Å². The van der Waals surface area contributed by atoms with Gasteiger partial charge in [0.25, 0.3) is 0 Å². The number of amides is 2. The number of guanidine groups is 1. The molecule has 1 aliphatic rings. The van der Waals surface area contributed by atoms with E-state index in [2.05, 4.69) is 23.3 Å². The van der Waals surface area contributed by atoms with Crippen molar-refractivity contribution < 1.29 is 9.59 Å². The Hall–Kier alpha value is -1.36. The molecule has 1 aliphatic heterocycles. The quantitative estimate of drug-likeness (QED) is 0.385. The molecule has 146 valence electrons. The van der Waals surface area contributed by atoms with Crippen molar-refractivity contribution in [1.82, 2.24) is 20.0 Å². The highest BCUT2D eigenvalue weighted by molar-refractivity contribution is 14.0. The number of carbonyl (C=O) groups excluding carboxylic acids is 2. The molecule has 9 heteroatoms. The zero-order valence-corrected chi connectivity index (χ0v) is 18.9. The van der Waals surface area contributed by atoms with E-state index in [0.717, 1.165) is 6.54 Å². The molecule has 1 unspecified atom stereocenters. The second-order valence-electron chi connectivity index (χ2n) is 6.20. The predicted octanol–water partition coefficient (Wildman–Crippen LogP) is 1.62. The number of aliphatic imine (C=N–C) groups is 1. The van der Waals surface area contributed by atoms with E-state index in [0.29, 0.717) is 19.0 Å². The van der Waals surface area contributed by atoms with Crippen molar-refractivity contribution in [3.63, 3.8) is 0 Å². The van der Waals surface area contributed by atoms with Gasteiger partial charge in [-0.3, -0.25) is 9.59 Å². The molecule has 1 aromatic heterocycles. The monoisotopic (exact) mass is 493 g/mol. The average molecular weight is 493 g/mol. The lowest BCUT2D eigenvalue weighted by Gasteiger charge is -2.36. The summed E-state index contributed by atoms with van der Waals surface area (Å²) in [6.45, 7) is 6.48.